The van der Waals surface area contributed by atoms with Gasteiger partial charge in [-0.2, -0.15) is 0 Å². The molecular weight excluding hydrogens is 242 g/mol. The Morgan fingerprint density at radius 2 is 2.22 bits per heavy atom. The van der Waals surface area contributed by atoms with E-state index in [9.17, 15) is 0 Å². The third kappa shape index (κ3) is 2.41. The number of hydrogen-bond donors (Lipinski definition) is 1. The molecule has 18 heavy (non-hydrogen) atoms. The van der Waals surface area contributed by atoms with Gasteiger partial charge in [0.1, 0.15) is 0 Å². The predicted octanol–water partition coefficient (Wildman–Crippen LogP) is 3.12. The molecule has 2 heterocycles. The summed E-state index contributed by atoms with van der Waals surface area (Å²) in [6.07, 6.45) is 5.33. The number of thiazole rings is 1. The van der Waals surface area contributed by atoms with Crippen LogP contribution in [0.5, 0.6) is 0 Å². The first-order valence-electron chi connectivity index (χ1n) is 7.26. The average Bonchev–Trinajstić information content (AvgIpc) is 2.99. The monoisotopic (exact) mass is 265 g/mol. The smallest absolute Gasteiger partial charge is 0.186 e. The molecule has 3 nitrogen and oxygen atoms in total. The highest BCUT2D eigenvalue weighted by molar-refractivity contribution is 7.15. The highest BCUT2D eigenvalue weighted by Crippen LogP contribution is 2.44. The standard InChI is InChI=1S/C14H23N3S/c1-3-15-9-12-13(11-6-7-11)16-14(18-12)17-8-4-5-10(17)2/h10-11,15H,3-9H2,1-2H3. The van der Waals surface area contributed by atoms with Gasteiger partial charge < -0.3 is 10.2 Å². The number of anilines is 1. The van der Waals surface area contributed by atoms with Crippen LogP contribution >= 0.6 is 11.3 Å². The van der Waals surface area contributed by atoms with Gasteiger partial charge in [-0.3, -0.25) is 0 Å². The molecule has 0 aromatic carbocycles. The summed E-state index contributed by atoms with van der Waals surface area (Å²) in [5.41, 5.74) is 1.40. The maximum atomic E-state index is 4.96. The molecule has 1 unspecified atom stereocenters. The molecule has 0 amide bonds. The maximum Gasteiger partial charge on any atom is 0.186 e. The van der Waals surface area contributed by atoms with Crippen molar-refractivity contribution in [3.8, 4) is 0 Å². The van der Waals surface area contributed by atoms with Crippen LogP contribution < -0.4 is 10.2 Å². The van der Waals surface area contributed by atoms with Crippen molar-refractivity contribution in [1.29, 1.82) is 0 Å². The van der Waals surface area contributed by atoms with Crippen LogP contribution in [-0.2, 0) is 6.54 Å². The van der Waals surface area contributed by atoms with Gasteiger partial charge in [-0.05, 0) is 39.2 Å². The summed E-state index contributed by atoms with van der Waals surface area (Å²) < 4.78 is 0. The fraction of sp³-hybridized carbons (Fsp3) is 0.786. The Balaban J connectivity index is 1.82. The molecular formula is C14H23N3S. The average molecular weight is 265 g/mol. The normalized spacial score (nSPS) is 23.9. The molecule has 1 saturated heterocycles. The number of hydrogen-bond acceptors (Lipinski definition) is 4. The van der Waals surface area contributed by atoms with Crippen molar-refractivity contribution in [2.75, 3.05) is 18.0 Å². The highest BCUT2D eigenvalue weighted by atomic mass is 32.1. The molecule has 0 spiro atoms. The van der Waals surface area contributed by atoms with Gasteiger partial charge in [-0.1, -0.05) is 6.92 Å². The second-order valence-electron chi connectivity index (χ2n) is 5.54. The van der Waals surface area contributed by atoms with Crippen molar-refractivity contribution in [2.24, 2.45) is 0 Å². The van der Waals surface area contributed by atoms with Crippen molar-refractivity contribution in [3.63, 3.8) is 0 Å². The lowest BCUT2D eigenvalue weighted by Crippen LogP contribution is -2.25. The lowest BCUT2D eigenvalue weighted by Gasteiger charge is -2.19. The molecule has 1 N–H and O–H groups in total. The van der Waals surface area contributed by atoms with Gasteiger partial charge in [0.15, 0.2) is 5.13 Å². The van der Waals surface area contributed by atoms with Gasteiger partial charge in [0.05, 0.1) is 5.69 Å². The van der Waals surface area contributed by atoms with E-state index in [1.54, 1.807) is 0 Å². The summed E-state index contributed by atoms with van der Waals surface area (Å²) in [5, 5.41) is 4.73. The van der Waals surface area contributed by atoms with Crippen LogP contribution in [0.3, 0.4) is 0 Å². The van der Waals surface area contributed by atoms with E-state index in [1.807, 2.05) is 11.3 Å². The minimum Gasteiger partial charge on any atom is -0.345 e. The van der Waals surface area contributed by atoms with Gasteiger partial charge in [0.25, 0.3) is 0 Å². The Hall–Kier alpha value is -0.610. The SMILES string of the molecule is CCNCc1sc(N2CCCC2C)nc1C1CC1. The first-order valence-corrected chi connectivity index (χ1v) is 8.08. The minimum atomic E-state index is 0.676. The zero-order chi connectivity index (χ0) is 12.5. The zero-order valence-electron chi connectivity index (χ0n) is 11.4. The van der Waals surface area contributed by atoms with Crippen LogP contribution in [0.15, 0.2) is 0 Å². The number of nitrogens with zero attached hydrogens (tertiary/aromatic N) is 2. The molecule has 4 heteroatoms. The molecule has 100 valence electrons. The first-order chi connectivity index (χ1) is 8.79. The Bertz CT molecular complexity index is 411. The van der Waals surface area contributed by atoms with Crippen molar-refractivity contribution in [2.45, 2.75) is 58.0 Å². The molecule has 0 bridgehead atoms. The van der Waals surface area contributed by atoms with Crippen LogP contribution in [0.25, 0.3) is 0 Å². The summed E-state index contributed by atoms with van der Waals surface area (Å²) in [6.45, 7) is 7.73. The highest BCUT2D eigenvalue weighted by Gasteiger charge is 2.31. The summed E-state index contributed by atoms with van der Waals surface area (Å²) in [7, 11) is 0. The van der Waals surface area contributed by atoms with Crippen molar-refractivity contribution in [1.82, 2.24) is 10.3 Å². The fourth-order valence-electron chi connectivity index (χ4n) is 2.73. The molecule has 1 aliphatic heterocycles. The Labute approximate surface area is 114 Å². The minimum absolute atomic E-state index is 0.676. The van der Waals surface area contributed by atoms with Crippen LogP contribution in [0.2, 0.25) is 0 Å². The van der Waals surface area contributed by atoms with Gasteiger partial charge in [-0.15, -0.1) is 11.3 Å². The number of aromatic nitrogens is 1. The Morgan fingerprint density at radius 1 is 1.39 bits per heavy atom. The van der Waals surface area contributed by atoms with E-state index < -0.39 is 0 Å². The van der Waals surface area contributed by atoms with E-state index in [-0.39, 0.29) is 0 Å². The molecule has 1 saturated carbocycles. The third-order valence-electron chi connectivity index (χ3n) is 4.01. The van der Waals surface area contributed by atoms with Gasteiger partial charge in [-0.25, -0.2) is 4.98 Å². The van der Waals surface area contributed by atoms with Crippen LogP contribution in [0, 0.1) is 0 Å². The molecule has 1 atom stereocenters. The van der Waals surface area contributed by atoms with Gasteiger partial charge in [0.2, 0.25) is 0 Å². The molecule has 3 rings (SSSR count). The summed E-state index contributed by atoms with van der Waals surface area (Å²) in [6, 6.07) is 0.676. The van der Waals surface area contributed by atoms with Crippen LogP contribution in [-0.4, -0.2) is 24.1 Å². The van der Waals surface area contributed by atoms with Crippen molar-refractivity contribution in [3.05, 3.63) is 10.6 Å². The second kappa shape index (κ2) is 5.17. The number of rotatable bonds is 5. The molecule has 1 aromatic rings. The zero-order valence-corrected chi connectivity index (χ0v) is 12.2. The summed E-state index contributed by atoms with van der Waals surface area (Å²) in [4.78, 5) is 8.95. The van der Waals surface area contributed by atoms with Crippen LogP contribution in [0.1, 0.15) is 56.0 Å². The van der Waals surface area contributed by atoms with E-state index in [2.05, 4.69) is 24.1 Å². The Morgan fingerprint density at radius 3 is 2.83 bits per heavy atom. The molecule has 2 aliphatic rings. The lowest BCUT2D eigenvalue weighted by molar-refractivity contribution is 0.723. The van der Waals surface area contributed by atoms with E-state index in [0.29, 0.717) is 6.04 Å². The largest absolute Gasteiger partial charge is 0.345 e. The fourth-order valence-corrected chi connectivity index (χ4v) is 3.98. The lowest BCUT2D eigenvalue weighted by atomic mass is 10.2. The second-order valence-corrected chi connectivity index (χ2v) is 6.61. The molecule has 1 aliphatic carbocycles. The molecule has 0 radical (unpaired) electrons. The predicted molar refractivity (Wildman–Crippen MR) is 77.5 cm³/mol. The third-order valence-corrected chi connectivity index (χ3v) is 5.12. The van der Waals surface area contributed by atoms with Crippen LogP contribution in [0.4, 0.5) is 5.13 Å². The van der Waals surface area contributed by atoms with E-state index >= 15 is 0 Å². The Kier molecular flexibility index (Phi) is 3.57. The first kappa shape index (κ1) is 12.4. The van der Waals surface area contributed by atoms with E-state index in [0.717, 1.165) is 19.0 Å². The summed E-state index contributed by atoms with van der Waals surface area (Å²) in [5.74, 6) is 0.765. The molecule has 1 aromatic heterocycles. The van der Waals surface area contributed by atoms with Crippen molar-refractivity contribution >= 4 is 16.5 Å². The van der Waals surface area contributed by atoms with Gasteiger partial charge in [0, 0.05) is 29.9 Å². The number of nitrogens with one attached hydrogen (secondary N) is 1. The van der Waals surface area contributed by atoms with Crippen molar-refractivity contribution < 1.29 is 0 Å². The quantitative estimate of drug-likeness (QED) is 0.886. The molecule has 2 fully saturated rings. The summed E-state index contributed by atoms with van der Waals surface area (Å²) >= 11 is 1.92. The maximum absolute atomic E-state index is 4.96. The topological polar surface area (TPSA) is 28.2 Å². The van der Waals surface area contributed by atoms with E-state index in [1.165, 1.54) is 47.9 Å². The van der Waals surface area contributed by atoms with Gasteiger partial charge >= 0.3 is 0 Å². The van der Waals surface area contributed by atoms with E-state index in [4.69, 9.17) is 4.98 Å².